The van der Waals surface area contributed by atoms with Gasteiger partial charge < -0.3 is 19.9 Å². The Kier molecular flexibility index (Phi) is 5.34. The molecule has 0 spiro atoms. The summed E-state index contributed by atoms with van der Waals surface area (Å²) in [6, 6.07) is 26.4. The molecule has 0 aliphatic carbocycles. The predicted molar refractivity (Wildman–Crippen MR) is 152 cm³/mol. The lowest BCUT2D eigenvalue weighted by Crippen LogP contribution is -2.32. The van der Waals surface area contributed by atoms with Crippen molar-refractivity contribution in [3.8, 4) is 39.5 Å². The van der Waals surface area contributed by atoms with Gasteiger partial charge in [-0.3, -0.25) is 0 Å². The van der Waals surface area contributed by atoms with Crippen LogP contribution in [-0.2, 0) is 0 Å². The van der Waals surface area contributed by atoms with Crippen molar-refractivity contribution in [2.24, 2.45) is 0 Å². The molecule has 0 bridgehead atoms. The largest absolute Gasteiger partial charge is 0.504 e. The van der Waals surface area contributed by atoms with E-state index >= 15 is 0 Å². The molecule has 0 saturated heterocycles. The second-order valence-corrected chi connectivity index (χ2v) is 10.1. The molecule has 0 aromatic heterocycles. The van der Waals surface area contributed by atoms with Crippen molar-refractivity contribution in [3.05, 3.63) is 102 Å². The lowest BCUT2D eigenvalue weighted by molar-refractivity contribution is 0.371. The SMILES string of the molecule is COc1c(O)ccc2c1-c1ccc3c(c1C(=Cc1ccccc1-c1ccccc1)O2)C(C)=CC(C)(C)N3. The number of hydrogen-bond donors (Lipinski definition) is 2. The minimum atomic E-state index is -0.168. The Morgan fingerprint density at radius 2 is 1.59 bits per heavy atom. The number of aromatic hydroxyl groups is 1. The van der Waals surface area contributed by atoms with E-state index in [9.17, 15) is 5.11 Å². The summed E-state index contributed by atoms with van der Waals surface area (Å²) in [5, 5.41) is 14.3. The Morgan fingerprint density at radius 1 is 0.838 bits per heavy atom. The van der Waals surface area contributed by atoms with Gasteiger partial charge in [-0.25, -0.2) is 0 Å². The van der Waals surface area contributed by atoms with Crippen LogP contribution in [0.15, 0.2) is 84.9 Å². The third-order valence-electron chi connectivity index (χ3n) is 7.00. The highest BCUT2D eigenvalue weighted by atomic mass is 16.5. The summed E-state index contributed by atoms with van der Waals surface area (Å²) in [5.41, 5.74) is 9.19. The first-order valence-electron chi connectivity index (χ1n) is 12.5. The highest BCUT2D eigenvalue weighted by Gasteiger charge is 2.33. The van der Waals surface area contributed by atoms with E-state index in [1.165, 1.54) is 5.57 Å². The highest BCUT2D eigenvalue weighted by Crippen LogP contribution is 2.54. The van der Waals surface area contributed by atoms with Crippen molar-refractivity contribution in [1.29, 1.82) is 0 Å². The number of ether oxygens (including phenoxy) is 2. The fourth-order valence-electron chi connectivity index (χ4n) is 5.59. The second-order valence-electron chi connectivity index (χ2n) is 10.1. The number of hydrogen-bond acceptors (Lipinski definition) is 4. The number of benzene rings is 4. The Hall–Kier alpha value is -4.44. The van der Waals surface area contributed by atoms with Gasteiger partial charge >= 0.3 is 0 Å². The fourth-order valence-corrected chi connectivity index (χ4v) is 5.59. The molecule has 0 radical (unpaired) electrons. The molecule has 6 rings (SSSR count). The third-order valence-corrected chi connectivity index (χ3v) is 7.00. The van der Waals surface area contributed by atoms with Crippen molar-refractivity contribution in [3.63, 3.8) is 0 Å². The molecule has 37 heavy (non-hydrogen) atoms. The number of nitrogens with one attached hydrogen (secondary N) is 1. The first-order chi connectivity index (χ1) is 17.9. The minimum Gasteiger partial charge on any atom is -0.504 e. The van der Waals surface area contributed by atoms with Gasteiger partial charge in [0.15, 0.2) is 11.5 Å². The molecule has 4 aromatic carbocycles. The highest BCUT2D eigenvalue weighted by molar-refractivity contribution is 6.02. The molecule has 2 aliphatic rings. The van der Waals surface area contributed by atoms with Crippen LogP contribution < -0.4 is 14.8 Å². The number of phenols is 1. The maximum absolute atomic E-state index is 10.6. The number of allylic oxidation sites excluding steroid dienone is 1. The van der Waals surface area contributed by atoms with Crippen LogP contribution in [0.25, 0.3) is 39.7 Å². The maximum atomic E-state index is 10.6. The molecule has 2 heterocycles. The molecule has 2 N–H and O–H groups in total. The van der Waals surface area contributed by atoms with E-state index in [1.54, 1.807) is 19.2 Å². The molecule has 0 saturated carbocycles. The van der Waals surface area contributed by atoms with E-state index < -0.39 is 0 Å². The summed E-state index contributed by atoms with van der Waals surface area (Å²) in [4.78, 5) is 0. The predicted octanol–water partition coefficient (Wildman–Crippen LogP) is 8.23. The smallest absolute Gasteiger partial charge is 0.172 e. The van der Waals surface area contributed by atoms with Crippen LogP contribution in [0.2, 0.25) is 0 Å². The summed E-state index contributed by atoms with van der Waals surface area (Å²) < 4.78 is 12.3. The molecular weight excluding hydrogens is 458 g/mol. The van der Waals surface area contributed by atoms with Crippen LogP contribution in [0.4, 0.5) is 5.69 Å². The summed E-state index contributed by atoms with van der Waals surface area (Å²) in [5.74, 6) is 1.90. The third kappa shape index (κ3) is 3.86. The topological polar surface area (TPSA) is 50.7 Å². The van der Waals surface area contributed by atoms with Gasteiger partial charge in [0.1, 0.15) is 11.5 Å². The van der Waals surface area contributed by atoms with E-state index in [1.807, 2.05) is 12.1 Å². The van der Waals surface area contributed by atoms with E-state index in [4.69, 9.17) is 9.47 Å². The Morgan fingerprint density at radius 3 is 2.38 bits per heavy atom. The molecule has 0 amide bonds. The van der Waals surface area contributed by atoms with Crippen LogP contribution in [0.3, 0.4) is 0 Å². The van der Waals surface area contributed by atoms with Gasteiger partial charge in [-0.2, -0.15) is 0 Å². The maximum Gasteiger partial charge on any atom is 0.172 e. The number of fused-ring (bicyclic) bond motifs is 5. The standard InChI is InChI=1S/C33H29NO3/c1-20-19-33(2,3)34-25-15-14-24-30(29(20)25)28(37-27-17-16-26(35)32(36-4)31(24)27)18-22-12-8-9-13-23(22)21-10-6-5-7-11-21/h5-19,34-35H,1-4H3. The van der Waals surface area contributed by atoms with Crippen LogP contribution >= 0.6 is 0 Å². The van der Waals surface area contributed by atoms with Crippen LogP contribution in [0, 0.1) is 0 Å². The van der Waals surface area contributed by atoms with E-state index in [-0.39, 0.29) is 11.3 Å². The van der Waals surface area contributed by atoms with Crippen molar-refractivity contribution in [2.75, 3.05) is 12.4 Å². The second kappa shape index (κ2) is 8.59. The molecule has 0 unspecified atom stereocenters. The summed E-state index contributed by atoms with van der Waals surface area (Å²) >= 11 is 0. The Labute approximate surface area is 217 Å². The average Bonchev–Trinajstić information content (AvgIpc) is 2.88. The van der Waals surface area contributed by atoms with Gasteiger partial charge in [-0.1, -0.05) is 66.7 Å². The average molecular weight is 488 g/mol. The van der Waals surface area contributed by atoms with Crippen molar-refractivity contribution < 1.29 is 14.6 Å². The van der Waals surface area contributed by atoms with Crippen LogP contribution in [-0.4, -0.2) is 17.8 Å². The number of phenolic OH excluding ortho intramolecular Hbond substituents is 1. The Bertz CT molecular complexity index is 1600. The van der Waals surface area contributed by atoms with Gasteiger partial charge in [0.25, 0.3) is 0 Å². The number of anilines is 1. The number of methoxy groups -OCH3 is 1. The van der Waals surface area contributed by atoms with E-state index in [2.05, 4.69) is 92.8 Å². The quantitative estimate of drug-likeness (QED) is 0.306. The molecule has 4 heteroatoms. The van der Waals surface area contributed by atoms with Crippen LogP contribution in [0.1, 0.15) is 37.5 Å². The van der Waals surface area contributed by atoms with Gasteiger partial charge in [-0.15, -0.1) is 0 Å². The molecule has 4 aromatic rings. The molecule has 0 fully saturated rings. The van der Waals surface area contributed by atoms with Gasteiger partial charge in [0.05, 0.1) is 18.2 Å². The lowest BCUT2D eigenvalue weighted by Gasteiger charge is -2.35. The lowest BCUT2D eigenvalue weighted by atomic mass is 9.82. The van der Waals surface area contributed by atoms with Crippen molar-refractivity contribution in [1.82, 2.24) is 0 Å². The zero-order valence-electron chi connectivity index (χ0n) is 21.4. The Balaban J connectivity index is 1.65. The monoisotopic (exact) mass is 487 g/mol. The normalized spacial score (nSPS) is 16.0. The number of rotatable bonds is 3. The zero-order chi connectivity index (χ0) is 25.7. The molecule has 2 aliphatic heterocycles. The molecule has 0 atom stereocenters. The molecule has 184 valence electrons. The zero-order valence-corrected chi connectivity index (χ0v) is 21.4. The summed E-state index contributed by atoms with van der Waals surface area (Å²) in [6.07, 6.45) is 4.37. The van der Waals surface area contributed by atoms with E-state index in [0.29, 0.717) is 11.5 Å². The van der Waals surface area contributed by atoms with Crippen LogP contribution in [0.5, 0.6) is 17.2 Å². The van der Waals surface area contributed by atoms with Gasteiger partial charge in [0.2, 0.25) is 0 Å². The first kappa shape index (κ1) is 23.0. The van der Waals surface area contributed by atoms with Gasteiger partial charge in [0, 0.05) is 22.4 Å². The van der Waals surface area contributed by atoms with Gasteiger partial charge in [-0.05, 0) is 67.3 Å². The molecule has 4 nitrogen and oxygen atoms in total. The summed E-state index contributed by atoms with van der Waals surface area (Å²) in [7, 11) is 1.57. The fraction of sp³-hybridized carbons (Fsp3) is 0.152. The van der Waals surface area contributed by atoms with E-state index in [0.717, 1.165) is 50.4 Å². The summed E-state index contributed by atoms with van der Waals surface area (Å²) in [6.45, 7) is 6.48. The molecular formula is C33H29NO3. The first-order valence-corrected chi connectivity index (χ1v) is 12.5. The van der Waals surface area contributed by atoms with Crippen molar-refractivity contribution in [2.45, 2.75) is 26.3 Å². The van der Waals surface area contributed by atoms with Crippen molar-refractivity contribution >= 4 is 23.1 Å². The minimum absolute atomic E-state index is 0.0851.